The van der Waals surface area contributed by atoms with Gasteiger partial charge in [0, 0.05) is 32.2 Å². The number of carbonyl (C=O) groups excluding carboxylic acids is 1. The highest BCUT2D eigenvalue weighted by molar-refractivity contribution is 5.91. The van der Waals surface area contributed by atoms with Crippen LogP contribution >= 0.6 is 0 Å². The minimum atomic E-state index is -0.0989. The summed E-state index contributed by atoms with van der Waals surface area (Å²) in [6.07, 6.45) is 4.12. The Morgan fingerprint density at radius 3 is 2.95 bits per heavy atom. The summed E-state index contributed by atoms with van der Waals surface area (Å²) in [6.45, 7) is 1.80. The second kappa shape index (κ2) is 5.56. The number of aryl methyl sites for hydroxylation is 3. The van der Waals surface area contributed by atoms with Gasteiger partial charge in [0.2, 0.25) is 5.91 Å². The highest BCUT2D eigenvalue weighted by atomic mass is 16.3. The van der Waals surface area contributed by atoms with Gasteiger partial charge in [-0.3, -0.25) is 9.59 Å². The van der Waals surface area contributed by atoms with E-state index in [1.54, 1.807) is 32.5 Å². The molecule has 0 saturated heterocycles. The van der Waals surface area contributed by atoms with Crippen molar-refractivity contribution in [2.24, 2.45) is 7.05 Å². The van der Waals surface area contributed by atoms with E-state index >= 15 is 0 Å². The Morgan fingerprint density at radius 2 is 2.26 bits per heavy atom. The third kappa shape index (κ3) is 3.34. The lowest BCUT2D eigenvalue weighted by Gasteiger charge is -2.09. The molecule has 0 spiro atoms. The van der Waals surface area contributed by atoms with Crippen LogP contribution in [-0.4, -0.2) is 10.5 Å². The topological polar surface area (TPSA) is 64.2 Å². The van der Waals surface area contributed by atoms with Gasteiger partial charge in [-0.15, -0.1) is 0 Å². The van der Waals surface area contributed by atoms with Crippen LogP contribution in [0.15, 0.2) is 39.9 Å². The van der Waals surface area contributed by atoms with E-state index in [1.165, 1.54) is 10.6 Å². The molecule has 0 unspecified atom stereocenters. The molecule has 1 N–H and O–H groups in total. The van der Waals surface area contributed by atoms with Gasteiger partial charge >= 0.3 is 0 Å². The van der Waals surface area contributed by atoms with E-state index in [2.05, 4.69) is 5.32 Å². The molecule has 100 valence electrons. The van der Waals surface area contributed by atoms with Crippen molar-refractivity contribution in [1.29, 1.82) is 0 Å². The highest BCUT2D eigenvalue weighted by Crippen LogP contribution is 2.12. The van der Waals surface area contributed by atoms with E-state index < -0.39 is 0 Å². The molecular formula is C14H16N2O3. The summed E-state index contributed by atoms with van der Waals surface area (Å²) < 4.78 is 6.61. The van der Waals surface area contributed by atoms with Gasteiger partial charge in [0.1, 0.15) is 5.76 Å². The second-order valence-corrected chi connectivity index (χ2v) is 4.45. The number of furan rings is 1. The fourth-order valence-electron chi connectivity index (χ4n) is 1.76. The van der Waals surface area contributed by atoms with Crippen LogP contribution < -0.4 is 10.9 Å². The van der Waals surface area contributed by atoms with Gasteiger partial charge in [-0.1, -0.05) is 0 Å². The van der Waals surface area contributed by atoms with Crippen molar-refractivity contribution in [2.45, 2.75) is 19.8 Å². The monoisotopic (exact) mass is 260 g/mol. The SMILES string of the molecule is Cc1cc(=O)n(C)cc1NC(=O)CCc1ccco1. The van der Waals surface area contributed by atoms with Crippen LogP contribution in [0.5, 0.6) is 0 Å². The van der Waals surface area contributed by atoms with Gasteiger partial charge in [0.25, 0.3) is 5.56 Å². The van der Waals surface area contributed by atoms with Crippen molar-refractivity contribution in [3.8, 4) is 0 Å². The lowest BCUT2D eigenvalue weighted by molar-refractivity contribution is -0.116. The van der Waals surface area contributed by atoms with Crippen LogP contribution in [0.1, 0.15) is 17.7 Å². The molecule has 5 nitrogen and oxygen atoms in total. The second-order valence-electron chi connectivity index (χ2n) is 4.45. The molecule has 1 amide bonds. The zero-order valence-corrected chi connectivity index (χ0v) is 11.0. The molecule has 19 heavy (non-hydrogen) atoms. The zero-order valence-electron chi connectivity index (χ0n) is 11.0. The van der Waals surface area contributed by atoms with Gasteiger partial charge in [0.05, 0.1) is 12.0 Å². The van der Waals surface area contributed by atoms with Crippen molar-refractivity contribution < 1.29 is 9.21 Å². The third-order valence-corrected chi connectivity index (χ3v) is 2.89. The van der Waals surface area contributed by atoms with Crippen molar-refractivity contribution in [3.05, 3.63) is 52.3 Å². The number of carbonyl (C=O) groups is 1. The van der Waals surface area contributed by atoms with Crippen LogP contribution in [0.25, 0.3) is 0 Å². The summed E-state index contributed by atoms with van der Waals surface area (Å²) in [5.41, 5.74) is 1.33. The molecule has 0 aromatic carbocycles. The first-order valence-electron chi connectivity index (χ1n) is 6.06. The number of anilines is 1. The van der Waals surface area contributed by atoms with E-state index in [1.807, 2.05) is 6.07 Å². The van der Waals surface area contributed by atoms with E-state index in [0.717, 1.165) is 11.3 Å². The molecule has 0 saturated carbocycles. The fraction of sp³-hybridized carbons (Fsp3) is 0.286. The Labute approximate surface area is 110 Å². The number of aromatic nitrogens is 1. The van der Waals surface area contributed by atoms with Gasteiger partial charge in [-0.25, -0.2) is 0 Å². The van der Waals surface area contributed by atoms with Gasteiger partial charge in [-0.05, 0) is 24.6 Å². The third-order valence-electron chi connectivity index (χ3n) is 2.89. The summed E-state index contributed by atoms with van der Waals surface area (Å²) in [4.78, 5) is 23.2. The molecule has 0 radical (unpaired) electrons. The van der Waals surface area contributed by atoms with Crippen molar-refractivity contribution in [3.63, 3.8) is 0 Å². The summed E-state index contributed by atoms with van der Waals surface area (Å²) in [5.74, 6) is 0.686. The maximum atomic E-state index is 11.8. The highest BCUT2D eigenvalue weighted by Gasteiger charge is 2.07. The Hall–Kier alpha value is -2.30. The van der Waals surface area contributed by atoms with Crippen LogP contribution in [-0.2, 0) is 18.3 Å². The maximum Gasteiger partial charge on any atom is 0.250 e. The Balaban J connectivity index is 1.99. The lowest BCUT2D eigenvalue weighted by atomic mass is 10.2. The molecule has 0 aliphatic rings. The first-order chi connectivity index (χ1) is 9.06. The van der Waals surface area contributed by atoms with Crippen LogP contribution in [0.2, 0.25) is 0 Å². The molecule has 2 aromatic rings. The molecule has 0 aliphatic heterocycles. The summed E-state index contributed by atoms with van der Waals surface area (Å²) in [5, 5.41) is 2.80. The largest absolute Gasteiger partial charge is 0.469 e. The number of hydrogen-bond acceptors (Lipinski definition) is 3. The fourth-order valence-corrected chi connectivity index (χ4v) is 1.76. The molecule has 2 aromatic heterocycles. The van der Waals surface area contributed by atoms with Gasteiger partial charge < -0.3 is 14.3 Å². The number of hydrogen-bond donors (Lipinski definition) is 1. The molecular weight excluding hydrogens is 244 g/mol. The van der Waals surface area contributed by atoms with Crippen LogP contribution in [0.3, 0.4) is 0 Å². The van der Waals surface area contributed by atoms with E-state index in [4.69, 9.17) is 4.42 Å². The van der Waals surface area contributed by atoms with E-state index in [9.17, 15) is 9.59 Å². The molecule has 0 bridgehead atoms. The molecule has 5 heteroatoms. The number of nitrogens with one attached hydrogen (secondary N) is 1. The minimum absolute atomic E-state index is 0.0916. The smallest absolute Gasteiger partial charge is 0.250 e. The first-order valence-corrected chi connectivity index (χ1v) is 6.06. The Bertz CT molecular complexity index is 627. The van der Waals surface area contributed by atoms with Crippen molar-refractivity contribution >= 4 is 11.6 Å². The van der Waals surface area contributed by atoms with Gasteiger partial charge in [0.15, 0.2) is 0 Å². The first kappa shape index (κ1) is 13.1. The predicted octanol–water partition coefficient (Wildman–Crippen LogP) is 1.86. The Kier molecular flexibility index (Phi) is 3.85. The number of pyridine rings is 1. The molecule has 0 fully saturated rings. The minimum Gasteiger partial charge on any atom is -0.469 e. The Morgan fingerprint density at radius 1 is 1.47 bits per heavy atom. The quantitative estimate of drug-likeness (QED) is 0.912. The summed E-state index contributed by atoms with van der Waals surface area (Å²) in [6, 6.07) is 5.14. The van der Waals surface area contributed by atoms with Crippen LogP contribution in [0, 0.1) is 6.92 Å². The maximum absolute atomic E-state index is 11.8. The van der Waals surface area contributed by atoms with E-state index in [0.29, 0.717) is 18.5 Å². The predicted molar refractivity (Wildman–Crippen MR) is 72.1 cm³/mol. The standard InChI is InChI=1S/C14H16N2O3/c1-10-8-14(18)16(2)9-12(10)15-13(17)6-5-11-4-3-7-19-11/h3-4,7-9H,5-6H2,1-2H3,(H,15,17). The summed E-state index contributed by atoms with van der Waals surface area (Å²) >= 11 is 0. The van der Waals surface area contributed by atoms with Crippen LogP contribution in [0.4, 0.5) is 5.69 Å². The molecule has 2 rings (SSSR count). The zero-order chi connectivity index (χ0) is 13.8. The average molecular weight is 260 g/mol. The van der Waals surface area contributed by atoms with Crippen molar-refractivity contribution in [1.82, 2.24) is 4.57 Å². The molecule has 0 atom stereocenters. The van der Waals surface area contributed by atoms with Crippen molar-refractivity contribution in [2.75, 3.05) is 5.32 Å². The molecule has 0 aliphatic carbocycles. The van der Waals surface area contributed by atoms with Gasteiger partial charge in [-0.2, -0.15) is 0 Å². The number of amides is 1. The number of rotatable bonds is 4. The molecule has 2 heterocycles. The van der Waals surface area contributed by atoms with E-state index in [-0.39, 0.29) is 11.5 Å². The average Bonchev–Trinajstić information content (AvgIpc) is 2.86. The summed E-state index contributed by atoms with van der Waals surface area (Å²) in [7, 11) is 1.65. The lowest BCUT2D eigenvalue weighted by Crippen LogP contribution is -2.19. The normalized spacial score (nSPS) is 10.4. The number of nitrogens with zero attached hydrogens (tertiary/aromatic N) is 1.